The van der Waals surface area contributed by atoms with Gasteiger partial charge in [0.1, 0.15) is 11.2 Å². The van der Waals surface area contributed by atoms with E-state index in [4.69, 9.17) is 4.42 Å². The summed E-state index contributed by atoms with van der Waals surface area (Å²) in [5.41, 5.74) is 13.1. The van der Waals surface area contributed by atoms with Gasteiger partial charge in [-0.1, -0.05) is 135 Å². The van der Waals surface area contributed by atoms with Gasteiger partial charge in [-0.2, -0.15) is 0 Å². The van der Waals surface area contributed by atoms with E-state index >= 15 is 0 Å². The maximum Gasteiger partial charge on any atom is 0.143 e. The summed E-state index contributed by atoms with van der Waals surface area (Å²) in [5, 5.41) is 9.76. The minimum absolute atomic E-state index is 0.106. The lowest BCUT2D eigenvalue weighted by molar-refractivity contribution is 0.660. The summed E-state index contributed by atoms with van der Waals surface area (Å²) >= 11 is 1.86. The Hall–Kier alpha value is -6.68. The molecule has 0 N–H and O–H groups in total. The van der Waals surface area contributed by atoms with Crippen molar-refractivity contribution in [1.82, 2.24) is 0 Å². The van der Waals surface area contributed by atoms with Gasteiger partial charge in [-0.3, -0.25) is 0 Å². The standard InChI is InChI=1S/C53H35NOS/c1-53(2)45-17-8-7-15-41(45)42-26-23-36(30-46(42)53)54(35-21-18-34(19-22-35)39-16-9-12-32-10-3-5-13-38(32)39)37-24-27-43-49(31-37)56-48-29-28-47-50(51(43)48)44-25-20-33-11-4-6-14-40(33)52(44)55-47/h3-31H,1-2H3. The predicted octanol–water partition coefficient (Wildman–Crippen LogP) is 15.7. The fourth-order valence-corrected chi connectivity index (χ4v) is 10.7. The van der Waals surface area contributed by atoms with E-state index in [2.05, 4.69) is 195 Å². The average Bonchev–Trinajstić information content (AvgIpc) is 3.88. The summed E-state index contributed by atoms with van der Waals surface area (Å²) in [5.74, 6) is 0. The first-order valence-electron chi connectivity index (χ1n) is 19.3. The molecule has 0 aliphatic heterocycles. The molecule has 9 aromatic carbocycles. The van der Waals surface area contributed by atoms with Gasteiger partial charge in [0.05, 0.1) is 0 Å². The summed E-state index contributed by atoms with van der Waals surface area (Å²) in [6, 6.07) is 64.6. The zero-order chi connectivity index (χ0) is 37.1. The van der Waals surface area contributed by atoms with Crippen LogP contribution in [0.4, 0.5) is 17.1 Å². The van der Waals surface area contributed by atoms with E-state index in [1.165, 1.54) is 80.5 Å². The summed E-state index contributed by atoms with van der Waals surface area (Å²) in [7, 11) is 0. The van der Waals surface area contributed by atoms with Gasteiger partial charge in [0, 0.05) is 58.8 Å². The topological polar surface area (TPSA) is 16.4 Å². The van der Waals surface area contributed by atoms with Crippen molar-refractivity contribution in [3.05, 3.63) is 187 Å². The number of rotatable bonds is 4. The zero-order valence-corrected chi connectivity index (χ0v) is 31.8. The van der Waals surface area contributed by atoms with Gasteiger partial charge in [0.2, 0.25) is 0 Å². The Labute approximate surface area is 328 Å². The summed E-state index contributed by atoms with van der Waals surface area (Å²) in [4.78, 5) is 2.44. The highest BCUT2D eigenvalue weighted by atomic mass is 32.1. The Kier molecular flexibility index (Phi) is 6.59. The number of benzene rings is 9. The summed E-state index contributed by atoms with van der Waals surface area (Å²) in [6.07, 6.45) is 0. The minimum atomic E-state index is -0.106. The lowest BCUT2D eigenvalue weighted by atomic mass is 9.82. The van der Waals surface area contributed by atoms with Crippen LogP contribution in [0.15, 0.2) is 180 Å². The lowest BCUT2D eigenvalue weighted by Gasteiger charge is -2.28. The molecule has 2 heterocycles. The first-order valence-corrected chi connectivity index (χ1v) is 20.1. The van der Waals surface area contributed by atoms with Crippen LogP contribution < -0.4 is 4.90 Å². The van der Waals surface area contributed by atoms with Crippen molar-refractivity contribution in [1.29, 1.82) is 0 Å². The number of nitrogens with zero attached hydrogens (tertiary/aromatic N) is 1. The van der Waals surface area contributed by atoms with Crippen LogP contribution in [-0.4, -0.2) is 0 Å². The molecule has 12 rings (SSSR count). The Bertz CT molecular complexity index is 3400. The molecular weight excluding hydrogens is 699 g/mol. The smallest absolute Gasteiger partial charge is 0.143 e. The molecule has 2 nitrogen and oxygen atoms in total. The molecule has 11 aromatic rings. The Balaban J connectivity index is 1.05. The van der Waals surface area contributed by atoms with Crippen molar-refractivity contribution in [2.24, 2.45) is 0 Å². The maximum absolute atomic E-state index is 6.61. The average molecular weight is 734 g/mol. The molecule has 2 aromatic heterocycles. The van der Waals surface area contributed by atoms with E-state index in [0.29, 0.717) is 0 Å². The van der Waals surface area contributed by atoms with Crippen molar-refractivity contribution >= 4 is 92.1 Å². The SMILES string of the molecule is CC1(C)c2ccccc2-c2ccc(N(c3ccc(-c4cccc5ccccc45)cc3)c3ccc4c(c3)sc3ccc5oc6c7ccccc7ccc6c5c34)cc21. The van der Waals surface area contributed by atoms with Gasteiger partial charge in [0.15, 0.2) is 0 Å². The van der Waals surface area contributed by atoms with Crippen molar-refractivity contribution in [2.45, 2.75) is 19.3 Å². The van der Waals surface area contributed by atoms with Crippen molar-refractivity contribution in [3.8, 4) is 22.3 Å². The van der Waals surface area contributed by atoms with Crippen LogP contribution in [0.5, 0.6) is 0 Å². The third-order valence-electron chi connectivity index (χ3n) is 12.3. The van der Waals surface area contributed by atoms with Crippen LogP contribution in [0.3, 0.4) is 0 Å². The molecule has 0 atom stereocenters. The highest BCUT2D eigenvalue weighted by molar-refractivity contribution is 7.26. The molecule has 1 aliphatic rings. The van der Waals surface area contributed by atoms with Crippen LogP contribution in [0.2, 0.25) is 0 Å². The maximum atomic E-state index is 6.61. The first kappa shape index (κ1) is 31.6. The van der Waals surface area contributed by atoms with E-state index in [-0.39, 0.29) is 5.41 Å². The van der Waals surface area contributed by atoms with Crippen molar-refractivity contribution in [2.75, 3.05) is 4.90 Å². The van der Waals surface area contributed by atoms with Crippen molar-refractivity contribution in [3.63, 3.8) is 0 Å². The molecule has 0 radical (unpaired) electrons. The van der Waals surface area contributed by atoms with Gasteiger partial charge in [-0.15, -0.1) is 11.3 Å². The highest BCUT2D eigenvalue weighted by Crippen LogP contribution is 2.51. The first-order chi connectivity index (χ1) is 27.5. The monoisotopic (exact) mass is 733 g/mol. The number of thiophene rings is 1. The Morgan fingerprint density at radius 1 is 0.446 bits per heavy atom. The summed E-state index contributed by atoms with van der Waals surface area (Å²) in [6.45, 7) is 4.72. The molecule has 1 aliphatic carbocycles. The third kappa shape index (κ3) is 4.49. The van der Waals surface area contributed by atoms with Crippen molar-refractivity contribution < 1.29 is 4.42 Å². The Morgan fingerprint density at radius 3 is 1.98 bits per heavy atom. The molecule has 56 heavy (non-hydrogen) atoms. The largest absolute Gasteiger partial charge is 0.455 e. The fourth-order valence-electron chi connectivity index (χ4n) is 9.53. The van der Waals surface area contributed by atoms with E-state index in [9.17, 15) is 0 Å². The van der Waals surface area contributed by atoms with Crippen LogP contribution in [0.25, 0.3) is 85.9 Å². The van der Waals surface area contributed by atoms with Gasteiger partial charge in [0.25, 0.3) is 0 Å². The van der Waals surface area contributed by atoms with E-state index in [0.717, 1.165) is 33.6 Å². The molecule has 264 valence electrons. The van der Waals surface area contributed by atoms with E-state index in [1.807, 2.05) is 11.3 Å². The molecule has 3 heteroatoms. The number of anilines is 3. The molecule has 0 amide bonds. The highest BCUT2D eigenvalue weighted by Gasteiger charge is 2.35. The fraction of sp³-hybridized carbons (Fsp3) is 0.0566. The Morgan fingerprint density at radius 2 is 1.11 bits per heavy atom. The van der Waals surface area contributed by atoms with E-state index < -0.39 is 0 Å². The van der Waals surface area contributed by atoms with Crippen LogP contribution >= 0.6 is 11.3 Å². The second kappa shape index (κ2) is 11.7. The lowest BCUT2D eigenvalue weighted by Crippen LogP contribution is -2.16. The van der Waals surface area contributed by atoms with Crippen LogP contribution in [0.1, 0.15) is 25.0 Å². The predicted molar refractivity (Wildman–Crippen MR) is 239 cm³/mol. The molecule has 0 spiro atoms. The second-order valence-corrected chi connectivity index (χ2v) is 16.8. The zero-order valence-electron chi connectivity index (χ0n) is 31.0. The third-order valence-corrected chi connectivity index (χ3v) is 13.4. The molecule has 0 saturated heterocycles. The van der Waals surface area contributed by atoms with Gasteiger partial charge >= 0.3 is 0 Å². The second-order valence-electron chi connectivity index (χ2n) is 15.7. The molecule has 0 bridgehead atoms. The molecular formula is C53H35NOS. The molecule has 0 saturated carbocycles. The number of hydrogen-bond acceptors (Lipinski definition) is 3. The molecule has 0 unspecified atom stereocenters. The van der Waals surface area contributed by atoms with Gasteiger partial charge in [-0.05, 0) is 104 Å². The number of furan rings is 1. The minimum Gasteiger partial charge on any atom is -0.455 e. The van der Waals surface area contributed by atoms with E-state index in [1.54, 1.807) is 0 Å². The quantitative estimate of drug-likeness (QED) is 0.179. The molecule has 0 fully saturated rings. The normalized spacial score (nSPS) is 13.3. The number of hydrogen-bond donors (Lipinski definition) is 0. The number of fused-ring (bicyclic) bond motifs is 13. The summed E-state index contributed by atoms with van der Waals surface area (Å²) < 4.78 is 9.13. The van der Waals surface area contributed by atoms with Crippen LogP contribution in [0, 0.1) is 0 Å². The van der Waals surface area contributed by atoms with Gasteiger partial charge in [-0.25, -0.2) is 0 Å². The van der Waals surface area contributed by atoms with Gasteiger partial charge < -0.3 is 9.32 Å². The van der Waals surface area contributed by atoms with Crippen LogP contribution in [-0.2, 0) is 5.41 Å².